The highest BCUT2D eigenvalue weighted by Gasteiger charge is 2.20. The lowest BCUT2D eigenvalue weighted by atomic mass is 10.1. The third kappa shape index (κ3) is 3.67. The monoisotopic (exact) mass is 337 g/mol. The molecule has 0 spiro atoms. The van der Waals surface area contributed by atoms with Gasteiger partial charge >= 0.3 is 0 Å². The van der Waals surface area contributed by atoms with Gasteiger partial charge in [-0.25, -0.2) is 0 Å². The van der Waals surface area contributed by atoms with Crippen LogP contribution in [0.5, 0.6) is 11.5 Å². The lowest BCUT2D eigenvalue weighted by Gasteiger charge is -2.28. The van der Waals surface area contributed by atoms with Gasteiger partial charge < -0.3 is 14.8 Å². The molecule has 1 aliphatic heterocycles. The van der Waals surface area contributed by atoms with Crippen LogP contribution in [0.3, 0.4) is 0 Å². The van der Waals surface area contributed by atoms with Gasteiger partial charge in [-0.15, -0.1) is 0 Å². The molecule has 1 saturated heterocycles. The highest BCUT2D eigenvalue weighted by molar-refractivity contribution is 6.31. The highest BCUT2D eigenvalue weighted by Crippen LogP contribution is 2.32. The first-order valence-electron chi connectivity index (χ1n) is 7.16. The van der Waals surface area contributed by atoms with Gasteiger partial charge in [-0.3, -0.25) is 0 Å². The van der Waals surface area contributed by atoms with Crippen molar-refractivity contribution in [3.63, 3.8) is 0 Å². The van der Waals surface area contributed by atoms with Crippen LogP contribution in [0.1, 0.15) is 11.1 Å². The lowest BCUT2D eigenvalue weighted by Crippen LogP contribution is -2.50. The first-order chi connectivity index (χ1) is 10.6. The second-order valence-electron chi connectivity index (χ2n) is 5.35. The Morgan fingerprint density at radius 3 is 2.45 bits per heavy atom. The fraction of sp³-hybridized carbons (Fsp3) is 0.294. The Morgan fingerprint density at radius 1 is 1.05 bits per heavy atom. The molecule has 1 aliphatic rings. The van der Waals surface area contributed by atoms with E-state index in [-0.39, 0.29) is 6.10 Å². The van der Waals surface area contributed by atoms with Crippen LogP contribution in [-0.2, 0) is 6.61 Å². The summed E-state index contributed by atoms with van der Waals surface area (Å²) in [5.41, 5.74) is 2.20. The van der Waals surface area contributed by atoms with Crippen LogP contribution >= 0.6 is 23.2 Å². The summed E-state index contributed by atoms with van der Waals surface area (Å²) in [6, 6.07) is 11.2. The molecular formula is C17H17Cl2NO2. The van der Waals surface area contributed by atoms with Gasteiger partial charge in [0.2, 0.25) is 0 Å². The topological polar surface area (TPSA) is 30.5 Å². The van der Waals surface area contributed by atoms with Crippen molar-refractivity contribution < 1.29 is 9.47 Å². The van der Waals surface area contributed by atoms with Gasteiger partial charge in [0, 0.05) is 29.2 Å². The van der Waals surface area contributed by atoms with Crippen LogP contribution in [0.15, 0.2) is 36.4 Å². The van der Waals surface area contributed by atoms with Crippen LogP contribution in [0, 0.1) is 6.92 Å². The molecule has 0 bridgehead atoms. The van der Waals surface area contributed by atoms with Gasteiger partial charge in [0.1, 0.15) is 12.7 Å². The summed E-state index contributed by atoms with van der Waals surface area (Å²) in [5.74, 6) is 1.39. The fourth-order valence-corrected chi connectivity index (χ4v) is 2.58. The Bertz CT molecular complexity index is 672. The molecule has 2 aromatic rings. The van der Waals surface area contributed by atoms with E-state index in [1.54, 1.807) is 12.1 Å². The molecule has 3 nitrogen and oxygen atoms in total. The molecule has 1 fully saturated rings. The minimum atomic E-state index is 0.179. The Morgan fingerprint density at radius 2 is 1.77 bits per heavy atom. The van der Waals surface area contributed by atoms with Crippen LogP contribution in [0.2, 0.25) is 10.0 Å². The Kier molecular flexibility index (Phi) is 4.77. The zero-order valence-corrected chi connectivity index (χ0v) is 13.7. The van der Waals surface area contributed by atoms with Crippen molar-refractivity contribution in [3.8, 4) is 11.5 Å². The normalized spacial score (nSPS) is 14.5. The number of benzene rings is 2. The Labute approximate surface area is 140 Å². The molecule has 0 radical (unpaired) electrons. The molecule has 0 aromatic heterocycles. The summed E-state index contributed by atoms with van der Waals surface area (Å²) < 4.78 is 11.8. The molecule has 22 heavy (non-hydrogen) atoms. The smallest absolute Gasteiger partial charge is 0.163 e. The van der Waals surface area contributed by atoms with Gasteiger partial charge in [0.15, 0.2) is 11.5 Å². The van der Waals surface area contributed by atoms with Gasteiger partial charge in [-0.2, -0.15) is 0 Å². The number of ether oxygens (including phenoxy) is 2. The van der Waals surface area contributed by atoms with E-state index < -0.39 is 0 Å². The van der Waals surface area contributed by atoms with Crippen LogP contribution < -0.4 is 14.8 Å². The highest BCUT2D eigenvalue weighted by atomic mass is 35.5. The van der Waals surface area contributed by atoms with E-state index in [2.05, 4.69) is 5.32 Å². The lowest BCUT2D eigenvalue weighted by molar-refractivity contribution is 0.134. The summed E-state index contributed by atoms with van der Waals surface area (Å²) in [6.07, 6.45) is 0.179. The van der Waals surface area contributed by atoms with Crippen molar-refractivity contribution in [2.75, 3.05) is 13.1 Å². The second kappa shape index (κ2) is 6.78. The molecule has 2 aromatic carbocycles. The molecule has 0 saturated carbocycles. The van der Waals surface area contributed by atoms with Crippen LogP contribution in [-0.4, -0.2) is 19.2 Å². The Hall–Kier alpha value is -1.42. The number of hydrogen-bond donors (Lipinski definition) is 1. The maximum atomic E-state index is 6.06. The third-order valence-electron chi connectivity index (χ3n) is 3.63. The molecular weight excluding hydrogens is 321 g/mol. The van der Waals surface area contributed by atoms with Crippen molar-refractivity contribution in [2.24, 2.45) is 0 Å². The molecule has 0 aliphatic carbocycles. The van der Waals surface area contributed by atoms with Gasteiger partial charge in [-0.05, 0) is 42.3 Å². The van der Waals surface area contributed by atoms with E-state index in [9.17, 15) is 0 Å². The number of aryl methyl sites for hydroxylation is 1. The number of rotatable bonds is 5. The minimum absolute atomic E-state index is 0.179. The fourth-order valence-electron chi connectivity index (χ4n) is 2.20. The average molecular weight is 338 g/mol. The quantitative estimate of drug-likeness (QED) is 0.885. The first-order valence-corrected chi connectivity index (χ1v) is 7.92. The van der Waals surface area contributed by atoms with Crippen molar-refractivity contribution >= 4 is 23.2 Å². The Balaban J connectivity index is 1.73. The summed E-state index contributed by atoms with van der Waals surface area (Å²) in [7, 11) is 0. The molecule has 1 heterocycles. The van der Waals surface area contributed by atoms with Crippen LogP contribution in [0.4, 0.5) is 0 Å². The summed E-state index contributed by atoms with van der Waals surface area (Å²) in [6.45, 7) is 4.18. The molecule has 0 atom stereocenters. The molecule has 5 heteroatoms. The number of halogens is 2. The first kappa shape index (κ1) is 15.5. The molecule has 0 unspecified atom stereocenters. The third-order valence-corrected chi connectivity index (χ3v) is 4.10. The van der Waals surface area contributed by atoms with E-state index >= 15 is 0 Å². The van der Waals surface area contributed by atoms with Gasteiger partial charge in [-0.1, -0.05) is 29.3 Å². The van der Waals surface area contributed by atoms with Gasteiger partial charge in [0.05, 0.1) is 0 Å². The van der Waals surface area contributed by atoms with Gasteiger partial charge in [0.25, 0.3) is 0 Å². The van der Waals surface area contributed by atoms with Crippen molar-refractivity contribution in [2.45, 2.75) is 19.6 Å². The predicted octanol–water partition coefficient (Wildman–Crippen LogP) is 4.23. The standard InChI is InChI=1S/C17H17Cl2NO2/c1-11-6-13(18)3-2-12(11)10-21-16-5-4-14(19)7-17(16)22-15-8-20-9-15/h2-7,15,20H,8-10H2,1H3. The summed E-state index contributed by atoms with van der Waals surface area (Å²) >= 11 is 12.0. The molecule has 116 valence electrons. The van der Waals surface area contributed by atoms with E-state index in [0.717, 1.165) is 29.2 Å². The van der Waals surface area contributed by atoms with E-state index in [1.807, 2.05) is 31.2 Å². The average Bonchev–Trinajstić information content (AvgIpc) is 2.43. The van der Waals surface area contributed by atoms with Crippen molar-refractivity contribution in [1.29, 1.82) is 0 Å². The number of nitrogens with one attached hydrogen (secondary N) is 1. The molecule has 1 N–H and O–H groups in total. The summed E-state index contributed by atoms with van der Waals surface area (Å²) in [4.78, 5) is 0. The second-order valence-corrected chi connectivity index (χ2v) is 6.22. The van der Waals surface area contributed by atoms with E-state index in [4.69, 9.17) is 32.7 Å². The minimum Gasteiger partial charge on any atom is -0.485 e. The maximum Gasteiger partial charge on any atom is 0.163 e. The van der Waals surface area contributed by atoms with Crippen molar-refractivity contribution in [3.05, 3.63) is 57.6 Å². The van der Waals surface area contributed by atoms with Crippen molar-refractivity contribution in [1.82, 2.24) is 5.32 Å². The summed E-state index contributed by atoms with van der Waals surface area (Å²) in [5, 5.41) is 4.54. The van der Waals surface area contributed by atoms with Crippen LogP contribution in [0.25, 0.3) is 0 Å². The molecule has 0 amide bonds. The number of hydrogen-bond acceptors (Lipinski definition) is 3. The predicted molar refractivity (Wildman–Crippen MR) is 89.3 cm³/mol. The zero-order chi connectivity index (χ0) is 15.5. The zero-order valence-electron chi connectivity index (χ0n) is 12.2. The van der Waals surface area contributed by atoms with E-state index in [0.29, 0.717) is 23.1 Å². The maximum absolute atomic E-state index is 6.06. The largest absolute Gasteiger partial charge is 0.485 e. The van der Waals surface area contributed by atoms with E-state index in [1.165, 1.54) is 0 Å². The SMILES string of the molecule is Cc1cc(Cl)ccc1COc1ccc(Cl)cc1OC1CNC1. The molecule has 3 rings (SSSR count).